The predicted molar refractivity (Wildman–Crippen MR) is 130 cm³/mol. The van der Waals surface area contributed by atoms with Gasteiger partial charge in [0.2, 0.25) is 0 Å². The van der Waals surface area contributed by atoms with E-state index in [9.17, 15) is 14.4 Å². The number of hydrogen-bond donors (Lipinski definition) is 0. The smallest absolute Gasteiger partial charge is 0.267 e. The van der Waals surface area contributed by atoms with E-state index in [2.05, 4.69) is 13.8 Å². The lowest BCUT2D eigenvalue weighted by Gasteiger charge is -2.37. The third-order valence-electron chi connectivity index (χ3n) is 5.20. The van der Waals surface area contributed by atoms with Crippen LogP contribution in [-0.2, 0) is 9.59 Å². The van der Waals surface area contributed by atoms with Crippen LogP contribution in [0.15, 0.2) is 37.8 Å². The molecule has 0 saturated carbocycles. The fraction of sp³-hybridized carbons (Fsp3) is 0.478. The van der Waals surface area contributed by atoms with Gasteiger partial charge in [0.05, 0.1) is 4.24 Å². The molecule has 1 fully saturated rings. The highest BCUT2D eigenvalue weighted by atomic mass is 32.2. The molecule has 0 aliphatic carbocycles. The highest BCUT2D eigenvalue weighted by molar-refractivity contribution is 8.24. The third-order valence-corrected chi connectivity index (χ3v) is 8.19. The molecule has 1 aromatic rings. The Morgan fingerprint density at radius 3 is 2.03 bits per heavy atom. The molecule has 0 spiro atoms. The van der Waals surface area contributed by atoms with Gasteiger partial charge in [-0.15, -0.1) is 0 Å². The lowest BCUT2D eigenvalue weighted by atomic mass is 10.1. The minimum absolute atomic E-state index is 0.114. The number of hydrogen-bond acceptors (Lipinski definition) is 6. The summed E-state index contributed by atoms with van der Waals surface area (Å²) in [6.45, 7) is 7.14. The minimum atomic E-state index is -0.304. The zero-order valence-corrected chi connectivity index (χ0v) is 20.7. The van der Waals surface area contributed by atoms with Gasteiger partial charge in [0.25, 0.3) is 11.8 Å². The predicted octanol–water partition coefficient (Wildman–Crippen LogP) is 5.63. The molecule has 166 valence electrons. The molecule has 1 saturated heterocycles. The van der Waals surface area contributed by atoms with Gasteiger partial charge in [0, 0.05) is 34.9 Å². The van der Waals surface area contributed by atoms with Crippen molar-refractivity contribution in [3.63, 3.8) is 0 Å². The van der Waals surface area contributed by atoms with E-state index in [0.29, 0.717) is 34.4 Å². The molecule has 2 amide bonds. The Balaban J connectivity index is 1.95. The van der Waals surface area contributed by atoms with Gasteiger partial charge in [-0.25, -0.2) is 0 Å². The summed E-state index contributed by atoms with van der Waals surface area (Å²) in [7, 11) is 0. The second-order valence-corrected chi connectivity index (χ2v) is 10.3. The zero-order valence-electron chi connectivity index (χ0n) is 18.2. The summed E-state index contributed by atoms with van der Waals surface area (Å²) in [5.41, 5.74) is 0.880. The molecule has 0 radical (unpaired) electrons. The standard InChI is InChI=1S/C23H28N2O3S3/c1-4-7-12-24-20(27)19(21(28)25(23(24)29)13-8-5-2)22-30-17-11-10-15(14-18(17)31-22)16(26)9-6-3/h10-11,14H,4-9,12-13H2,1-3H3. The van der Waals surface area contributed by atoms with Crippen LogP contribution >= 0.6 is 35.7 Å². The van der Waals surface area contributed by atoms with Gasteiger partial charge in [-0.3, -0.25) is 24.2 Å². The van der Waals surface area contributed by atoms with Crippen LogP contribution in [0.3, 0.4) is 0 Å². The molecule has 3 rings (SSSR count). The van der Waals surface area contributed by atoms with Crippen LogP contribution in [0.2, 0.25) is 0 Å². The van der Waals surface area contributed by atoms with Gasteiger partial charge >= 0.3 is 0 Å². The lowest BCUT2D eigenvalue weighted by Crippen LogP contribution is -2.56. The second kappa shape index (κ2) is 10.8. The van der Waals surface area contributed by atoms with Crippen molar-refractivity contribution in [1.82, 2.24) is 9.80 Å². The monoisotopic (exact) mass is 476 g/mol. The zero-order chi connectivity index (χ0) is 22.5. The van der Waals surface area contributed by atoms with Crippen LogP contribution in [0.1, 0.15) is 69.7 Å². The summed E-state index contributed by atoms with van der Waals surface area (Å²) in [6.07, 6.45) is 4.84. The SMILES string of the molecule is CCCCN1C(=O)C(=C2Sc3ccc(C(=O)CCC)cc3S2)C(=O)N(CCCC)C1=S. The third kappa shape index (κ3) is 5.07. The molecule has 0 unspecified atom stereocenters. The molecule has 1 aromatic carbocycles. The van der Waals surface area contributed by atoms with Crippen LogP contribution < -0.4 is 0 Å². The molecule has 0 atom stereocenters. The van der Waals surface area contributed by atoms with Gasteiger partial charge in [0.1, 0.15) is 5.57 Å². The van der Waals surface area contributed by atoms with Gasteiger partial charge in [-0.2, -0.15) is 0 Å². The molecule has 2 aliphatic heterocycles. The van der Waals surface area contributed by atoms with Crippen molar-refractivity contribution in [1.29, 1.82) is 0 Å². The van der Waals surface area contributed by atoms with Crippen molar-refractivity contribution in [2.24, 2.45) is 0 Å². The molecule has 8 heteroatoms. The normalized spacial score (nSPS) is 16.4. The van der Waals surface area contributed by atoms with Crippen LogP contribution in [0, 0.1) is 0 Å². The minimum Gasteiger partial charge on any atom is -0.294 e. The van der Waals surface area contributed by atoms with Crippen molar-refractivity contribution in [2.75, 3.05) is 13.1 Å². The molecular formula is C23H28N2O3S3. The Labute approximate surface area is 198 Å². The van der Waals surface area contributed by atoms with Crippen molar-refractivity contribution in [2.45, 2.75) is 69.1 Å². The van der Waals surface area contributed by atoms with E-state index in [1.807, 2.05) is 25.1 Å². The molecule has 0 aromatic heterocycles. The van der Waals surface area contributed by atoms with E-state index in [0.717, 1.165) is 41.9 Å². The highest BCUT2D eigenvalue weighted by Crippen LogP contribution is 2.53. The van der Waals surface area contributed by atoms with Gasteiger partial charge in [0.15, 0.2) is 10.9 Å². The molecule has 31 heavy (non-hydrogen) atoms. The molecule has 0 N–H and O–H groups in total. The number of amides is 2. The van der Waals surface area contributed by atoms with Crippen molar-refractivity contribution in [3.8, 4) is 0 Å². The van der Waals surface area contributed by atoms with E-state index in [-0.39, 0.29) is 23.2 Å². The average molecular weight is 477 g/mol. The van der Waals surface area contributed by atoms with Crippen molar-refractivity contribution < 1.29 is 14.4 Å². The fourth-order valence-corrected chi connectivity index (χ4v) is 6.33. The largest absolute Gasteiger partial charge is 0.294 e. The van der Waals surface area contributed by atoms with E-state index in [4.69, 9.17) is 12.2 Å². The van der Waals surface area contributed by atoms with Gasteiger partial charge in [-0.1, -0.05) is 63.2 Å². The van der Waals surface area contributed by atoms with Crippen molar-refractivity contribution in [3.05, 3.63) is 33.6 Å². The summed E-state index contributed by atoms with van der Waals surface area (Å²) in [6, 6.07) is 5.62. The number of carbonyl (C=O) groups is 3. The number of ketones is 1. The second-order valence-electron chi connectivity index (χ2n) is 7.60. The first-order valence-electron chi connectivity index (χ1n) is 10.9. The molecule has 2 aliphatic rings. The Bertz CT molecular complexity index is 910. The Morgan fingerprint density at radius 2 is 1.48 bits per heavy atom. The van der Waals surface area contributed by atoms with E-state index in [1.165, 1.54) is 23.5 Å². The topological polar surface area (TPSA) is 57.7 Å². The molecule has 0 bridgehead atoms. The van der Waals surface area contributed by atoms with Crippen LogP contribution in [0.5, 0.6) is 0 Å². The Hall–Kier alpha value is -1.64. The molecular weight excluding hydrogens is 448 g/mol. The quantitative estimate of drug-likeness (QED) is 0.199. The maximum absolute atomic E-state index is 13.3. The lowest BCUT2D eigenvalue weighted by molar-refractivity contribution is -0.133. The Kier molecular flexibility index (Phi) is 8.36. The first-order valence-corrected chi connectivity index (χ1v) is 12.9. The number of rotatable bonds is 9. The van der Waals surface area contributed by atoms with E-state index >= 15 is 0 Å². The highest BCUT2D eigenvalue weighted by Gasteiger charge is 2.42. The first kappa shape index (κ1) is 24.0. The number of carbonyl (C=O) groups excluding carboxylic acids is 3. The number of thiocarbonyl (C=S) groups is 1. The summed E-state index contributed by atoms with van der Waals surface area (Å²) in [5, 5.41) is 0.319. The Morgan fingerprint density at radius 1 is 0.903 bits per heavy atom. The summed E-state index contributed by atoms with van der Waals surface area (Å²) in [5.74, 6) is -0.494. The summed E-state index contributed by atoms with van der Waals surface area (Å²) < 4.78 is 0.676. The van der Waals surface area contributed by atoms with Crippen LogP contribution in [0.4, 0.5) is 0 Å². The van der Waals surface area contributed by atoms with Crippen LogP contribution in [0.25, 0.3) is 0 Å². The van der Waals surface area contributed by atoms with Gasteiger partial charge in [-0.05, 0) is 43.6 Å². The van der Waals surface area contributed by atoms with E-state index < -0.39 is 0 Å². The molecule has 5 nitrogen and oxygen atoms in total. The first-order chi connectivity index (χ1) is 14.9. The number of fused-ring (bicyclic) bond motifs is 1. The average Bonchev–Trinajstić information content (AvgIpc) is 3.16. The number of Topliss-reactive ketones (excluding diaryl/α,β-unsaturated/α-hetero) is 1. The number of benzene rings is 1. The van der Waals surface area contributed by atoms with Crippen molar-refractivity contribution >= 4 is 58.5 Å². The summed E-state index contributed by atoms with van der Waals surface area (Å²) >= 11 is 8.37. The van der Waals surface area contributed by atoms with Crippen LogP contribution in [-0.4, -0.2) is 45.6 Å². The molecule has 2 heterocycles. The number of unbranched alkanes of at least 4 members (excludes halogenated alkanes) is 2. The maximum atomic E-state index is 13.3. The van der Waals surface area contributed by atoms with E-state index in [1.54, 1.807) is 9.80 Å². The number of thioether (sulfide) groups is 2. The maximum Gasteiger partial charge on any atom is 0.267 e. The fourth-order valence-electron chi connectivity index (χ4n) is 3.42. The number of nitrogens with zero attached hydrogens (tertiary/aromatic N) is 2. The van der Waals surface area contributed by atoms with Gasteiger partial charge < -0.3 is 0 Å². The summed E-state index contributed by atoms with van der Waals surface area (Å²) in [4.78, 5) is 44.0.